The first-order valence-electron chi connectivity index (χ1n) is 9.43. The number of benzene rings is 3. The Bertz CT molecular complexity index is 1250. The van der Waals surface area contributed by atoms with Crippen molar-refractivity contribution in [3.05, 3.63) is 97.9 Å². The average molecular weight is 580 g/mol. The molecule has 0 spiro atoms. The Hall–Kier alpha value is -3.09. The average Bonchev–Trinajstić information content (AvgIpc) is 2.77. The van der Waals surface area contributed by atoms with E-state index in [-0.39, 0.29) is 11.3 Å². The van der Waals surface area contributed by atoms with E-state index in [4.69, 9.17) is 4.74 Å². The summed E-state index contributed by atoms with van der Waals surface area (Å²) in [5.74, 6) is -0.253. The highest BCUT2D eigenvalue weighted by Gasteiger charge is 2.30. The maximum atomic E-state index is 12.9. The van der Waals surface area contributed by atoms with Crippen molar-refractivity contribution in [2.45, 2.75) is 12.8 Å². The number of ether oxygens (including phenoxy) is 1. The molecule has 0 radical (unpaired) electrons. The van der Waals surface area contributed by atoms with Gasteiger partial charge in [0, 0.05) is 15.7 Å². The minimum Gasteiger partial charge on any atom is -0.488 e. The van der Waals surface area contributed by atoms with Crippen molar-refractivity contribution in [1.29, 1.82) is 5.26 Å². The van der Waals surface area contributed by atoms with Gasteiger partial charge in [0.25, 0.3) is 5.91 Å². The number of hydrogen-bond donors (Lipinski definition) is 1. The number of alkyl halides is 3. The summed E-state index contributed by atoms with van der Waals surface area (Å²) in [6.07, 6.45) is -3.20. The fraction of sp³-hybridized carbons (Fsp3) is 0.0833. The lowest BCUT2D eigenvalue weighted by atomic mass is 10.1. The van der Waals surface area contributed by atoms with Crippen molar-refractivity contribution in [1.82, 2.24) is 0 Å². The highest BCUT2D eigenvalue weighted by molar-refractivity contribution is 9.10. The van der Waals surface area contributed by atoms with Crippen molar-refractivity contribution in [2.75, 3.05) is 5.32 Å². The number of hydrogen-bond acceptors (Lipinski definition) is 3. The van der Waals surface area contributed by atoms with Crippen molar-refractivity contribution in [2.24, 2.45) is 0 Å². The van der Waals surface area contributed by atoms with E-state index < -0.39 is 17.6 Å². The third-order valence-corrected chi connectivity index (χ3v) is 5.81. The van der Waals surface area contributed by atoms with Gasteiger partial charge < -0.3 is 10.1 Å². The summed E-state index contributed by atoms with van der Waals surface area (Å²) in [5, 5.41) is 11.7. The molecule has 3 rings (SSSR count). The lowest BCUT2D eigenvalue weighted by Gasteiger charge is -2.11. The minimum atomic E-state index is -4.54. The van der Waals surface area contributed by atoms with Gasteiger partial charge in [-0.15, -0.1) is 0 Å². The van der Waals surface area contributed by atoms with Crippen LogP contribution in [0.5, 0.6) is 5.75 Å². The lowest BCUT2D eigenvalue weighted by molar-refractivity contribution is -0.137. The predicted octanol–water partition coefficient (Wildman–Crippen LogP) is 7.36. The molecular weight excluding hydrogens is 565 g/mol. The molecule has 0 saturated carbocycles. The smallest absolute Gasteiger partial charge is 0.416 e. The minimum absolute atomic E-state index is 0.0621. The van der Waals surface area contributed by atoms with Crippen molar-refractivity contribution < 1.29 is 22.7 Å². The summed E-state index contributed by atoms with van der Waals surface area (Å²) in [4.78, 5) is 12.4. The zero-order valence-corrected chi connectivity index (χ0v) is 20.0. The molecule has 0 saturated heterocycles. The molecular formula is C24H15Br2F3N2O2. The molecule has 33 heavy (non-hydrogen) atoms. The van der Waals surface area contributed by atoms with Gasteiger partial charge in [-0.25, -0.2) is 0 Å². The molecule has 0 heterocycles. The normalized spacial score (nSPS) is 11.6. The first kappa shape index (κ1) is 24.6. The Kier molecular flexibility index (Phi) is 7.95. The molecule has 0 aliphatic carbocycles. The molecule has 168 valence electrons. The number of anilines is 1. The molecule has 0 atom stereocenters. The van der Waals surface area contributed by atoms with Crippen LogP contribution in [-0.2, 0) is 17.6 Å². The van der Waals surface area contributed by atoms with E-state index in [0.717, 1.165) is 22.2 Å². The predicted molar refractivity (Wildman–Crippen MR) is 126 cm³/mol. The number of carbonyl (C=O) groups excluding carboxylic acids is 1. The van der Waals surface area contributed by atoms with Gasteiger partial charge in [-0.3, -0.25) is 4.79 Å². The number of nitriles is 1. The van der Waals surface area contributed by atoms with E-state index in [1.807, 2.05) is 24.3 Å². The van der Waals surface area contributed by atoms with Crippen LogP contribution >= 0.6 is 31.9 Å². The fourth-order valence-electron chi connectivity index (χ4n) is 2.78. The van der Waals surface area contributed by atoms with E-state index in [2.05, 4.69) is 37.2 Å². The van der Waals surface area contributed by atoms with Gasteiger partial charge in [0.15, 0.2) is 0 Å². The van der Waals surface area contributed by atoms with E-state index in [9.17, 15) is 23.2 Å². The van der Waals surface area contributed by atoms with Crippen LogP contribution in [-0.4, -0.2) is 5.91 Å². The van der Waals surface area contributed by atoms with Crippen LogP contribution in [0.1, 0.15) is 16.7 Å². The van der Waals surface area contributed by atoms with Gasteiger partial charge in [0.2, 0.25) is 0 Å². The van der Waals surface area contributed by atoms with E-state index >= 15 is 0 Å². The van der Waals surface area contributed by atoms with Crippen LogP contribution in [0, 0.1) is 11.3 Å². The third kappa shape index (κ3) is 6.70. The van der Waals surface area contributed by atoms with Crippen LogP contribution in [0.25, 0.3) is 6.08 Å². The summed E-state index contributed by atoms with van der Waals surface area (Å²) in [7, 11) is 0. The Morgan fingerprint density at radius 3 is 2.45 bits per heavy atom. The van der Waals surface area contributed by atoms with Gasteiger partial charge in [-0.2, -0.15) is 18.4 Å². The Labute approximate surface area is 204 Å². The highest BCUT2D eigenvalue weighted by atomic mass is 79.9. The summed E-state index contributed by atoms with van der Waals surface area (Å²) in [6.45, 7) is 0.331. The lowest BCUT2D eigenvalue weighted by Crippen LogP contribution is -2.14. The van der Waals surface area contributed by atoms with Crippen LogP contribution < -0.4 is 10.1 Å². The molecule has 0 bridgehead atoms. The number of halogens is 5. The summed E-state index contributed by atoms with van der Waals surface area (Å²) < 4.78 is 46.0. The Morgan fingerprint density at radius 1 is 1.03 bits per heavy atom. The topological polar surface area (TPSA) is 62.1 Å². The summed E-state index contributed by atoms with van der Waals surface area (Å²) >= 11 is 6.87. The SMILES string of the molecule is N#C/C(=C\c1ccc(OCc2ccccc2Br)c(Br)c1)C(=O)Nc1cccc(C(F)(F)F)c1. The second-order valence-corrected chi connectivity index (χ2v) is 8.48. The maximum absolute atomic E-state index is 12.9. The number of rotatable bonds is 6. The largest absolute Gasteiger partial charge is 0.488 e. The van der Waals surface area contributed by atoms with E-state index in [1.165, 1.54) is 18.2 Å². The summed E-state index contributed by atoms with van der Waals surface area (Å²) in [6, 6.07) is 18.6. The number of carbonyl (C=O) groups is 1. The first-order chi connectivity index (χ1) is 15.7. The monoisotopic (exact) mass is 578 g/mol. The Morgan fingerprint density at radius 2 is 1.79 bits per heavy atom. The molecule has 3 aromatic carbocycles. The highest BCUT2D eigenvalue weighted by Crippen LogP contribution is 2.31. The van der Waals surface area contributed by atoms with Crippen LogP contribution in [0.3, 0.4) is 0 Å². The molecule has 1 N–H and O–H groups in total. The molecule has 4 nitrogen and oxygen atoms in total. The summed E-state index contributed by atoms with van der Waals surface area (Å²) in [5.41, 5.74) is 0.274. The zero-order chi connectivity index (χ0) is 24.0. The molecule has 0 fully saturated rings. The third-order valence-electron chi connectivity index (χ3n) is 4.42. The second kappa shape index (κ2) is 10.7. The molecule has 0 aliphatic rings. The van der Waals surface area contributed by atoms with Crippen LogP contribution in [0.15, 0.2) is 81.2 Å². The molecule has 0 unspecified atom stereocenters. The zero-order valence-electron chi connectivity index (χ0n) is 16.8. The van der Waals surface area contributed by atoms with Crippen LogP contribution in [0.4, 0.5) is 18.9 Å². The van der Waals surface area contributed by atoms with Gasteiger partial charge in [0.05, 0.1) is 10.0 Å². The number of nitrogens with one attached hydrogen (secondary N) is 1. The molecule has 1 amide bonds. The fourth-order valence-corrected chi connectivity index (χ4v) is 3.69. The van der Waals surface area contributed by atoms with Gasteiger partial charge in [-0.05, 0) is 64.0 Å². The van der Waals surface area contributed by atoms with Gasteiger partial charge >= 0.3 is 6.18 Å². The quantitative estimate of drug-likeness (QED) is 0.245. The van der Waals surface area contributed by atoms with Gasteiger partial charge in [0.1, 0.15) is 24.0 Å². The van der Waals surface area contributed by atoms with Crippen molar-refractivity contribution >= 4 is 49.5 Å². The molecule has 3 aromatic rings. The standard InChI is InChI=1S/C24H15Br2F3N2O2/c25-20-7-2-1-4-16(20)14-33-22-9-8-15(11-21(22)26)10-17(13-30)23(32)31-19-6-3-5-18(12-19)24(27,28)29/h1-12H,14H2,(H,31,32)/b17-10+. The number of nitrogens with zero attached hydrogens (tertiary/aromatic N) is 1. The maximum Gasteiger partial charge on any atom is 0.416 e. The number of amides is 1. The molecule has 0 aliphatic heterocycles. The van der Waals surface area contributed by atoms with Crippen molar-refractivity contribution in [3.63, 3.8) is 0 Å². The van der Waals surface area contributed by atoms with E-state index in [0.29, 0.717) is 22.4 Å². The van der Waals surface area contributed by atoms with Gasteiger partial charge in [-0.1, -0.05) is 46.3 Å². The van der Waals surface area contributed by atoms with Crippen molar-refractivity contribution in [3.8, 4) is 11.8 Å². The van der Waals surface area contributed by atoms with Crippen LogP contribution in [0.2, 0.25) is 0 Å². The van der Waals surface area contributed by atoms with E-state index in [1.54, 1.807) is 24.3 Å². The molecule has 0 aromatic heterocycles. The second-order valence-electron chi connectivity index (χ2n) is 6.77. The molecule has 9 heteroatoms. The Balaban J connectivity index is 1.73. The first-order valence-corrected chi connectivity index (χ1v) is 11.0.